The Bertz CT molecular complexity index is 265. The van der Waals surface area contributed by atoms with Gasteiger partial charge in [0.25, 0.3) is 0 Å². The molecule has 0 bridgehead atoms. The van der Waals surface area contributed by atoms with Crippen molar-refractivity contribution in [3.05, 3.63) is 35.9 Å². The number of ether oxygens (including phenoxy) is 1. The average molecular weight is 399 g/mol. The molecule has 1 nitrogen and oxygen atoms in total. The van der Waals surface area contributed by atoms with Crippen molar-refractivity contribution in [3.8, 4) is 0 Å². The summed E-state index contributed by atoms with van der Waals surface area (Å²) in [6.07, 6.45) is 0.969. The first kappa shape index (κ1) is 12.5. The first-order valence-corrected chi connectivity index (χ1v) is 15.5. The summed E-state index contributed by atoms with van der Waals surface area (Å²) in [6, 6.07) is 10.5. The molecule has 0 N–H and O–H groups in total. The second-order valence-electron chi connectivity index (χ2n) is 3.76. The Morgan fingerprint density at radius 2 is 2.00 bits per heavy atom. The molecule has 0 aliphatic carbocycles. The van der Waals surface area contributed by atoms with Crippen LogP contribution in [0, 0.1) is 0 Å². The standard InChI is InChI=1S/C11H15O.ClH.Hg/c1-11(2,12-3)9-10-7-5-4-6-8-10;;/h4-8H,1,9H2,2-3H3;1H;/q;;+1/p-1. The van der Waals surface area contributed by atoms with Gasteiger partial charge < -0.3 is 0 Å². The van der Waals surface area contributed by atoms with Crippen LogP contribution in [0.2, 0.25) is 3.93 Å². The van der Waals surface area contributed by atoms with Gasteiger partial charge in [-0.15, -0.1) is 0 Å². The van der Waals surface area contributed by atoms with Crippen LogP contribution in [-0.2, 0) is 34.5 Å². The molecule has 1 aromatic rings. The van der Waals surface area contributed by atoms with E-state index in [9.17, 15) is 0 Å². The van der Waals surface area contributed by atoms with Gasteiger partial charge in [0.15, 0.2) is 0 Å². The van der Waals surface area contributed by atoms with Crippen LogP contribution in [0.1, 0.15) is 12.5 Å². The number of hydrogen-bond acceptors (Lipinski definition) is 1. The molecule has 1 rings (SSSR count). The van der Waals surface area contributed by atoms with Crippen molar-refractivity contribution in [3.63, 3.8) is 0 Å². The summed E-state index contributed by atoms with van der Waals surface area (Å²) in [5.41, 5.74) is 1.29. The molecule has 0 saturated heterocycles. The Balaban J connectivity index is 2.65. The van der Waals surface area contributed by atoms with Gasteiger partial charge in [-0.3, -0.25) is 0 Å². The maximum atomic E-state index is 5.97. The van der Waals surface area contributed by atoms with E-state index in [1.165, 1.54) is 5.56 Å². The molecule has 1 atom stereocenters. The number of hydrogen-bond donors (Lipinski definition) is 0. The minimum atomic E-state index is -1.13. The van der Waals surface area contributed by atoms with Gasteiger partial charge in [-0.1, -0.05) is 0 Å². The molecule has 0 amide bonds. The fourth-order valence-electron chi connectivity index (χ4n) is 1.49. The van der Waals surface area contributed by atoms with Crippen molar-refractivity contribution in [1.82, 2.24) is 0 Å². The van der Waals surface area contributed by atoms with Gasteiger partial charge in [0, 0.05) is 0 Å². The van der Waals surface area contributed by atoms with Crippen LogP contribution in [0.15, 0.2) is 30.3 Å². The van der Waals surface area contributed by atoms with Gasteiger partial charge in [0.2, 0.25) is 0 Å². The molecule has 0 aliphatic rings. The molecule has 1 aromatic carbocycles. The third-order valence-corrected chi connectivity index (χ3v) is 9.04. The molecule has 0 spiro atoms. The topological polar surface area (TPSA) is 9.23 Å². The Kier molecular flexibility index (Phi) is 5.43. The van der Waals surface area contributed by atoms with E-state index in [1.54, 1.807) is 7.11 Å². The van der Waals surface area contributed by atoms with Crippen molar-refractivity contribution >= 4 is 8.25 Å². The Labute approximate surface area is 102 Å². The molecule has 74 valence electrons. The molecule has 14 heavy (non-hydrogen) atoms. The molecule has 0 heterocycles. The van der Waals surface area contributed by atoms with Gasteiger partial charge >= 0.3 is 102 Å². The van der Waals surface area contributed by atoms with Gasteiger partial charge in [-0.25, -0.2) is 0 Å². The molecular formula is C11H15ClHgO. The number of rotatable bonds is 5. The number of benzene rings is 1. The molecule has 0 aromatic heterocycles. The Morgan fingerprint density at radius 3 is 2.50 bits per heavy atom. The fourth-order valence-corrected chi connectivity index (χ4v) is 8.03. The third kappa shape index (κ3) is 3.88. The van der Waals surface area contributed by atoms with Crippen molar-refractivity contribution in [2.45, 2.75) is 22.9 Å². The van der Waals surface area contributed by atoms with E-state index in [2.05, 4.69) is 31.2 Å². The average Bonchev–Trinajstić information content (AvgIpc) is 2.20. The first-order valence-electron chi connectivity index (χ1n) is 4.85. The van der Waals surface area contributed by atoms with Crippen LogP contribution in [0.25, 0.3) is 0 Å². The van der Waals surface area contributed by atoms with Crippen LogP contribution in [0.4, 0.5) is 0 Å². The van der Waals surface area contributed by atoms with Crippen molar-refractivity contribution in [2.24, 2.45) is 0 Å². The van der Waals surface area contributed by atoms with Crippen LogP contribution in [-0.4, -0.2) is 12.7 Å². The second kappa shape index (κ2) is 6.09. The van der Waals surface area contributed by atoms with Crippen LogP contribution in [0.5, 0.6) is 0 Å². The molecular weight excluding hydrogens is 384 g/mol. The molecule has 3 heteroatoms. The molecule has 0 saturated carbocycles. The first-order chi connectivity index (χ1) is 6.70. The monoisotopic (exact) mass is 400 g/mol. The summed E-state index contributed by atoms with van der Waals surface area (Å²) >= 11 is -1.13. The van der Waals surface area contributed by atoms with Crippen molar-refractivity contribution in [2.75, 3.05) is 7.11 Å². The van der Waals surface area contributed by atoms with Crippen molar-refractivity contribution in [1.29, 1.82) is 0 Å². The van der Waals surface area contributed by atoms with Gasteiger partial charge in [0.05, 0.1) is 0 Å². The summed E-state index contributed by atoms with van der Waals surface area (Å²) < 4.78 is 6.65. The predicted octanol–water partition coefficient (Wildman–Crippen LogP) is 3.29. The molecule has 0 aliphatic heterocycles. The van der Waals surface area contributed by atoms with Gasteiger partial charge in [0.1, 0.15) is 0 Å². The van der Waals surface area contributed by atoms with Crippen LogP contribution in [0.3, 0.4) is 0 Å². The van der Waals surface area contributed by atoms with Crippen LogP contribution < -0.4 is 0 Å². The van der Waals surface area contributed by atoms with E-state index in [1.807, 2.05) is 6.07 Å². The van der Waals surface area contributed by atoms with Gasteiger partial charge in [-0.05, 0) is 0 Å². The van der Waals surface area contributed by atoms with E-state index >= 15 is 0 Å². The quantitative estimate of drug-likeness (QED) is 0.691. The predicted molar refractivity (Wildman–Crippen MR) is 56.2 cm³/mol. The van der Waals surface area contributed by atoms with E-state index in [4.69, 9.17) is 13.0 Å². The minimum absolute atomic E-state index is 0.0370. The van der Waals surface area contributed by atoms with E-state index in [0.717, 1.165) is 10.4 Å². The Hall–Kier alpha value is 0.405. The summed E-state index contributed by atoms with van der Waals surface area (Å²) in [5.74, 6) is 0. The van der Waals surface area contributed by atoms with E-state index in [-0.39, 0.29) is 5.60 Å². The summed E-state index contributed by atoms with van der Waals surface area (Å²) in [7, 11) is 7.75. The zero-order chi connectivity index (χ0) is 10.4. The van der Waals surface area contributed by atoms with Crippen molar-refractivity contribution < 1.29 is 28.1 Å². The maximum absolute atomic E-state index is 5.97. The molecule has 0 radical (unpaired) electrons. The summed E-state index contributed by atoms with van der Waals surface area (Å²) in [4.78, 5) is 0. The second-order valence-corrected chi connectivity index (χ2v) is 10.5. The van der Waals surface area contributed by atoms with Crippen LogP contribution >= 0.6 is 8.25 Å². The zero-order valence-electron chi connectivity index (χ0n) is 8.79. The SMILES string of the molecule is COC(C)([CH2][Hg][Cl])Cc1ccccc1. The summed E-state index contributed by atoms with van der Waals surface area (Å²) in [6.45, 7) is 2.16. The Morgan fingerprint density at radius 1 is 1.36 bits per heavy atom. The van der Waals surface area contributed by atoms with E-state index in [0.29, 0.717) is 0 Å². The fraction of sp³-hybridized carbons (Fsp3) is 0.455. The third-order valence-electron chi connectivity index (χ3n) is 2.54. The normalized spacial score (nSPS) is 14.5. The van der Waals surface area contributed by atoms with Gasteiger partial charge in [-0.2, -0.15) is 0 Å². The summed E-state index contributed by atoms with van der Waals surface area (Å²) in [5, 5.41) is 0. The molecule has 0 fully saturated rings. The number of methoxy groups -OCH3 is 1. The van der Waals surface area contributed by atoms with E-state index < -0.39 is 23.3 Å². The zero-order valence-corrected chi connectivity index (χ0v) is 15.0. The number of halogens is 1. The molecule has 1 unspecified atom stereocenters.